The normalized spacial score (nSPS) is 23.8. The molecule has 1 aromatic rings. The van der Waals surface area contributed by atoms with Gasteiger partial charge in [0.25, 0.3) is 0 Å². The van der Waals surface area contributed by atoms with Crippen LogP contribution in [0, 0.1) is 5.41 Å². The van der Waals surface area contributed by atoms with Gasteiger partial charge in [0, 0.05) is 56.3 Å². The van der Waals surface area contributed by atoms with Crippen molar-refractivity contribution in [3.05, 3.63) is 24.3 Å². The van der Waals surface area contributed by atoms with E-state index in [1.807, 2.05) is 0 Å². The summed E-state index contributed by atoms with van der Waals surface area (Å²) < 4.78 is 30.7. The molecule has 0 saturated carbocycles. The molecule has 0 aliphatic carbocycles. The summed E-state index contributed by atoms with van der Waals surface area (Å²) >= 11 is 0. The summed E-state index contributed by atoms with van der Waals surface area (Å²) in [5, 5.41) is 5.59. The third-order valence-corrected chi connectivity index (χ3v) is 6.18. The van der Waals surface area contributed by atoms with Crippen LogP contribution < -0.4 is 15.4 Å². The molecule has 148 valence electrons. The van der Waals surface area contributed by atoms with E-state index in [1.165, 1.54) is 4.31 Å². The molecule has 9 nitrogen and oxygen atoms in total. The van der Waals surface area contributed by atoms with Crippen molar-refractivity contribution in [1.82, 2.24) is 14.5 Å². The molecule has 1 aromatic carbocycles. The first kappa shape index (κ1) is 19.4. The third kappa shape index (κ3) is 4.51. The van der Waals surface area contributed by atoms with E-state index in [0.29, 0.717) is 24.5 Å². The van der Waals surface area contributed by atoms with E-state index in [0.717, 1.165) is 6.26 Å². The second kappa shape index (κ2) is 7.35. The van der Waals surface area contributed by atoms with E-state index in [2.05, 4.69) is 10.6 Å². The van der Waals surface area contributed by atoms with Crippen LogP contribution in [0.4, 0.5) is 10.5 Å². The highest BCUT2D eigenvalue weighted by atomic mass is 32.2. The maximum atomic E-state index is 12.8. The number of anilines is 1. The molecule has 2 fully saturated rings. The summed E-state index contributed by atoms with van der Waals surface area (Å²) in [6.07, 6.45) is 1.35. The molecule has 2 aliphatic heterocycles. The van der Waals surface area contributed by atoms with Gasteiger partial charge >= 0.3 is 6.03 Å². The summed E-state index contributed by atoms with van der Waals surface area (Å²) in [6.45, 7) is 1.31. The Morgan fingerprint density at radius 2 is 2.07 bits per heavy atom. The fourth-order valence-electron chi connectivity index (χ4n) is 3.55. The molecular formula is C17H24N4O5S. The molecule has 3 rings (SSSR count). The Kier molecular flexibility index (Phi) is 5.29. The molecule has 1 unspecified atom stereocenters. The number of hydrogen-bond donors (Lipinski definition) is 2. The molecule has 1 atom stereocenters. The molecule has 10 heteroatoms. The fourth-order valence-corrected chi connectivity index (χ4v) is 4.48. The van der Waals surface area contributed by atoms with Gasteiger partial charge < -0.3 is 20.3 Å². The van der Waals surface area contributed by atoms with Crippen LogP contribution in [-0.4, -0.2) is 75.7 Å². The maximum Gasteiger partial charge on any atom is 0.321 e. The van der Waals surface area contributed by atoms with Crippen LogP contribution >= 0.6 is 0 Å². The van der Waals surface area contributed by atoms with Gasteiger partial charge in [-0.1, -0.05) is 6.07 Å². The molecule has 2 heterocycles. The van der Waals surface area contributed by atoms with E-state index in [1.54, 1.807) is 36.3 Å². The van der Waals surface area contributed by atoms with Gasteiger partial charge in [-0.25, -0.2) is 13.2 Å². The van der Waals surface area contributed by atoms with Crippen molar-refractivity contribution in [1.29, 1.82) is 0 Å². The van der Waals surface area contributed by atoms with Gasteiger partial charge in [0.15, 0.2) is 0 Å². The number of methoxy groups -OCH3 is 1. The van der Waals surface area contributed by atoms with Gasteiger partial charge in [-0.2, -0.15) is 4.31 Å². The standard InChI is InChI=1S/C17H24N4O5S/c1-26-14-5-3-4-13(8-14)19-16(23)20-6-7-21(27(2,24)25)12-17(11-20)9-15(22)18-10-17/h3-5,8H,6-7,9-12H2,1-2H3,(H,18,22)(H,19,23). The zero-order valence-electron chi connectivity index (χ0n) is 15.4. The lowest BCUT2D eigenvalue weighted by molar-refractivity contribution is -0.119. The van der Waals surface area contributed by atoms with E-state index >= 15 is 0 Å². The van der Waals surface area contributed by atoms with E-state index < -0.39 is 15.4 Å². The second-order valence-electron chi connectivity index (χ2n) is 7.13. The summed E-state index contributed by atoms with van der Waals surface area (Å²) in [4.78, 5) is 26.2. The van der Waals surface area contributed by atoms with E-state index in [-0.39, 0.29) is 38.0 Å². The van der Waals surface area contributed by atoms with Crippen molar-refractivity contribution < 1.29 is 22.7 Å². The van der Waals surface area contributed by atoms with Crippen LogP contribution in [-0.2, 0) is 14.8 Å². The smallest absolute Gasteiger partial charge is 0.321 e. The molecule has 0 bridgehead atoms. The number of carbonyl (C=O) groups is 2. The van der Waals surface area contributed by atoms with E-state index in [4.69, 9.17) is 4.74 Å². The van der Waals surface area contributed by atoms with E-state index in [9.17, 15) is 18.0 Å². The highest BCUT2D eigenvalue weighted by molar-refractivity contribution is 7.88. The number of ether oxygens (including phenoxy) is 1. The maximum absolute atomic E-state index is 12.8. The molecule has 0 aromatic heterocycles. The third-order valence-electron chi connectivity index (χ3n) is 4.93. The number of rotatable bonds is 3. The van der Waals surface area contributed by atoms with Crippen LogP contribution in [0.1, 0.15) is 6.42 Å². The topological polar surface area (TPSA) is 108 Å². The zero-order chi connectivity index (χ0) is 19.7. The number of carbonyl (C=O) groups excluding carboxylic acids is 2. The van der Waals surface area contributed by atoms with Gasteiger partial charge in [0.05, 0.1) is 13.4 Å². The minimum Gasteiger partial charge on any atom is -0.497 e. The van der Waals surface area contributed by atoms with Crippen molar-refractivity contribution in [3.8, 4) is 5.75 Å². The second-order valence-corrected chi connectivity index (χ2v) is 9.12. The highest BCUT2D eigenvalue weighted by Crippen LogP contribution is 2.32. The number of urea groups is 1. The Hall–Kier alpha value is -2.33. The van der Waals surface area contributed by atoms with Gasteiger partial charge in [-0.3, -0.25) is 4.79 Å². The average molecular weight is 396 g/mol. The van der Waals surface area contributed by atoms with Gasteiger partial charge in [0.2, 0.25) is 15.9 Å². The number of sulfonamides is 1. The number of hydrogen-bond acceptors (Lipinski definition) is 5. The first-order chi connectivity index (χ1) is 12.7. The molecule has 3 amide bonds. The summed E-state index contributed by atoms with van der Waals surface area (Å²) in [5.74, 6) is 0.493. The van der Waals surface area contributed by atoms with Crippen molar-refractivity contribution in [2.45, 2.75) is 6.42 Å². The SMILES string of the molecule is COc1cccc(NC(=O)N2CCN(S(C)(=O)=O)CC3(CNC(=O)C3)C2)c1. The Balaban J connectivity index is 1.80. The molecule has 2 saturated heterocycles. The predicted octanol–water partition coefficient (Wildman–Crippen LogP) is 0.311. The molecule has 0 radical (unpaired) electrons. The summed E-state index contributed by atoms with van der Waals surface area (Å²) in [6, 6.07) is 6.66. The molecule has 1 spiro atoms. The molecule has 2 aliphatic rings. The van der Waals surface area contributed by atoms with Crippen molar-refractivity contribution in [2.75, 3.05) is 51.4 Å². The van der Waals surface area contributed by atoms with Crippen molar-refractivity contribution in [3.63, 3.8) is 0 Å². The number of nitrogens with one attached hydrogen (secondary N) is 2. The highest BCUT2D eigenvalue weighted by Gasteiger charge is 2.45. The Bertz CT molecular complexity index is 843. The first-order valence-corrected chi connectivity index (χ1v) is 10.5. The largest absolute Gasteiger partial charge is 0.497 e. The zero-order valence-corrected chi connectivity index (χ0v) is 16.2. The number of benzene rings is 1. The lowest BCUT2D eigenvalue weighted by Gasteiger charge is -2.32. The molecule has 2 N–H and O–H groups in total. The molecular weight excluding hydrogens is 372 g/mol. The summed E-state index contributed by atoms with van der Waals surface area (Å²) in [5.41, 5.74) is -0.0409. The van der Waals surface area contributed by atoms with Crippen molar-refractivity contribution >= 4 is 27.6 Å². The Labute approximate surface area is 158 Å². The quantitative estimate of drug-likeness (QED) is 0.765. The Morgan fingerprint density at radius 1 is 1.30 bits per heavy atom. The Morgan fingerprint density at radius 3 is 2.70 bits per heavy atom. The van der Waals surface area contributed by atoms with Gasteiger partial charge in [0.1, 0.15) is 5.75 Å². The minimum atomic E-state index is -3.43. The minimum absolute atomic E-state index is 0.126. The lowest BCUT2D eigenvalue weighted by Crippen LogP contribution is -2.45. The van der Waals surface area contributed by atoms with Gasteiger partial charge in [-0.05, 0) is 12.1 Å². The van der Waals surface area contributed by atoms with Crippen LogP contribution in [0.3, 0.4) is 0 Å². The van der Waals surface area contributed by atoms with Crippen LogP contribution in [0.25, 0.3) is 0 Å². The molecule has 27 heavy (non-hydrogen) atoms. The lowest BCUT2D eigenvalue weighted by atomic mass is 9.86. The van der Waals surface area contributed by atoms with Crippen molar-refractivity contribution in [2.24, 2.45) is 5.41 Å². The van der Waals surface area contributed by atoms with Crippen LogP contribution in [0.5, 0.6) is 5.75 Å². The summed E-state index contributed by atoms with van der Waals surface area (Å²) in [7, 11) is -1.88. The van der Waals surface area contributed by atoms with Crippen LogP contribution in [0.2, 0.25) is 0 Å². The van der Waals surface area contributed by atoms with Gasteiger partial charge in [-0.15, -0.1) is 0 Å². The number of amides is 3. The fraction of sp³-hybridized carbons (Fsp3) is 0.529. The average Bonchev–Trinajstić information content (AvgIpc) is 2.85. The van der Waals surface area contributed by atoms with Crippen LogP contribution in [0.15, 0.2) is 24.3 Å². The number of nitrogens with zero attached hydrogens (tertiary/aromatic N) is 2. The monoisotopic (exact) mass is 396 g/mol. The first-order valence-electron chi connectivity index (χ1n) is 8.63. The predicted molar refractivity (Wildman–Crippen MR) is 100 cm³/mol.